The van der Waals surface area contributed by atoms with Gasteiger partial charge in [-0.3, -0.25) is 9.59 Å². The minimum Gasteiger partial charge on any atom is -0.339 e. The molecule has 2 amide bonds. The van der Waals surface area contributed by atoms with Crippen molar-refractivity contribution in [2.45, 2.75) is 50.0 Å². The van der Waals surface area contributed by atoms with E-state index in [-0.39, 0.29) is 29.3 Å². The zero-order chi connectivity index (χ0) is 22.3. The fourth-order valence-electron chi connectivity index (χ4n) is 5.85. The topological polar surface area (TPSA) is 40.6 Å². The number of likely N-dealkylation sites (tertiary alicyclic amines) is 2. The summed E-state index contributed by atoms with van der Waals surface area (Å²) < 4.78 is 14.2. The van der Waals surface area contributed by atoms with Gasteiger partial charge in [0, 0.05) is 30.7 Å². The van der Waals surface area contributed by atoms with Crippen molar-refractivity contribution in [1.29, 1.82) is 0 Å². The number of amides is 2. The van der Waals surface area contributed by atoms with Crippen LogP contribution in [0.1, 0.15) is 54.4 Å². The van der Waals surface area contributed by atoms with E-state index in [1.165, 1.54) is 6.07 Å². The molecule has 2 aromatic carbocycles. The van der Waals surface area contributed by atoms with Crippen molar-refractivity contribution in [3.05, 3.63) is 70.5 Å². The first-order chi connectivity index (χ1) is 15.5. The van der Waals surface area contributed by atoms with Crippen molar-refractivity contribution < 1.29 is 14.0 Å². The Morgan fingerprint density at radius 2 is 1.72 bits per heavy atom. The van der Waals surface area contributed by atoms with Crippen molar-refractivity contribution in [2.24, 2.45) is 5.92 Å². The minimum atomic E-state index is -0.477. The first-order valence-corrected chi connectivity index (χ1v) is 12.0. The molecule has 3 fully saturated rings. The number of carbonyl (C=O) groups excluding carboxylic acids is 2. The van der Waals surface area contributed by atoms with E-state index in [4.69, 9.17) is 11.6 Å². The summed E-state index contributed by atoms with van der Waals surface area (Å²) in [6.07, 6.45) is 5.47. The van der Waals surface area contributed by atoms with Crippen molar-refractivity contribution in [3.8, 4) is 0 Å². The molecule has 3 aliphatic rings. The Kier molecular flexibility index (Phi) is 5.70. The standard InChI is InChI=1S/C26H28ClFN2O2/c27-20-10-8-19(9-11-20)26(13-4-14-26)25(32)30-15-3-5-18-17-29(16-12-23(18)30)24(31)21-6-1-2-7-22(21)28/h1-2,6-11,18,23H,3-5,12-17H2/t18-,23+/m1/s1. The highest BCUT2D eigenvalue weighted by Gasteiger charge is 2.51. The van der Waals surface area contributed by atoms with Crippen molar-refractivity contribution >= 4 is 23.4 Å². The Morgan fingerprint density at radius 1 is 0.969 bits per heavy atom. The predicted molar refractivity (Wildman–Crippen MR) is 122 cm³/mol. The van der Waals surface area contributed by atoms with Crippen LogP contribution in [0.15, 0.2) is 48.5 Å². The van der Waals surface area contributed by atoms with Crippen LogP contribution in [-0.4, -0.2) is 47.3 Å². The van der Waals surface area contributed by atoms with Crippen LogP contribution >= 0.6 is 11.6 Å². The van der Waals surface area contributed by atoms with Crippen LogP contribution in [0.4, 0.5) is 4.39 Å². The molecule has 2 heterocycles. The first kappa shape index (κ1) is 21.4. The van der Waals surface area contributed by atoms with Crippen LogP contribution in [0.25, 0.3) is 0 Å². The van der Waals surface area contributed by atoms with Gasteiger partial charge in [0.05, 0.1) is 11.0 Å². The number of hydrogen-bond donors (Lipinski definition) is 0. The Morgan fingerprint density at radius 3 is 2.41 bits per heavy atom. The molecule has 0 N–H and O–H groups in total. The van der Waals surface area contributed by atoms with Crippen LogP contribution in [0, 0.1) is 11.7 Å². The van der Waals surface area contributed by atoms with E-state index in [0.29, 0.717) is 18.1 Å². The lowest BCUT2D eigenvalue weighted by Crippen LogP contribution is -2.61. The molecule has 2 atom stereocenters. The SMILES string of the molecule is O=C(c1ccccc1F)N1CC[C@H]2[C@H](CCCN2C(=O)C2(c3ccc(Cl)cc3)CCC2)C1. The largest absolute Gasteiger partial charge is 0.339 e. The maximum absolute atomic E-state index is 14.2. The zero-order valence-corrected chi connectivity index (χ0v) is 18.9. The van der Waals surface area contributed by atoms with Gasteiger partial charge in [0.2, 0.25) is 5.91 Å². The van der Waals surface area contributed by atoms with Gasteiger partial charge in [-0.15, -0.1) is 0 Å². The maximum atomic E-state index is 14.2. The molecule has 5 rings (SSSR count). The third-order valence-corrected chi connectivity index (χ3v) is 7.99. The van der Waals surface area contributed by atoms with E-state index in [0.717, 1.165) is 50.6 Å². The summed E-state index contributed by atoms with van der Waals surface area (Å²) >= 11 is 6.08. The Bertz CT molecular complexity index is 1020. The van der Waals surface area contributed by atoms with E-state index in [1.54, 1.807) is 23.1 Å². The molecule has 0 aromatic heterocycles. The van der Waals surface area contributed by atoms with Gasteiger partial charge in [0.15, 0.2) is 0 Å². The highest BCUT2D eigenvalue weighted by molar-refractivity contribution is 6.30. The normalized spacial score (nSPS) is 24.4. The molecule has 32 heavy (non-hydrogen) atoms. The number of rotatable bonds is 3. The van der Waals surface area contributed by atoms with Crippen molar-refractivity contribution in [1.82, 2.24) is 9.80 Å². The Hall–Kier alpha value is -2.40. The van der Waals surface area contributed by atoms with Gasteiger partial charge in [0.1, 0.15) is 5.82 Å². The number of carbonyl (C=O) groups is 2. The fourth-order valence-corrected chi connectivity index (χ4v) is 5.97. The molecule has 2 aliphatic heterocycles. The maximum Gasteiger partial charge on any atom is 0.256 e. The molecule has 2 saturated heterocycles. The van der Waals surface area contributed by atoms with E-state index in [9.17, 15) is 14.0 Å². The zero-order valence-electron chi connectivity index (χ0n) is 18.1. The minimum absolute atomic E-state index is 0.130. The second-order valence-corrected chi connectivity index (χ2v) is 9.87. The molecule has 1 saturated carbocycles. The Labute approximate surface area is 193 Å². The van der Waals surface area contributed by atoms with E-state index in [1.807, 2.05) is 24.3 Å². The number of hydrogen-bond acceptors (Lipinski definition) is 2. The van der Waals surface area contributed by atoms with Crippen LogP contribution in [0.5, 0.6) is 0 Å². The number of benzene rings is 2. The average Bonchev–Trinajstić information content (AvgIpc) is 2.78. The smallest absolute Gasteiger partial charge is 0.256 e. The number of nitrogens with zero attached hydrogens (tertiary/aromatic N) is 2. The Balaban J connectivity index is 1.34. The number of piperidine rings is 2. The van der Waals surface area contributed by atoms with Crippen molar-refractivity contribution in [2.75, 3.05) is 19.6 Å². The van der Waals surface area contributed by atoms with E-state index >= 15 is 0 Å². The highest BCUT2D eigenvalue weighted by Crippen LogP contribution is 2.47. The third kappa shape index (κ3) is 3.61. The summed E-state index contributed by atoms with van der Waals surface area (Å²) in [6.45, 7) is 1.90. The molecular formula is C26H28ClFN2O2. The van der Waals surface area contributed by atoms with Gasteiger partial charge < -0.3 is 9.80 Å². The van der Waals surface area contributed by atoms with Crippen LogP contribution in [-0.2, 0) is 10.2 Å². The van der Waals surface area contributed by atoms with E-state index < -0.39 is 11.2 Å². The second kappa shape index (κ2) is 8.51. The summed E-state index contributed by atoms with van der Waals surface area (Å²) in [6, 6.07) is 14.0. The molecule has 168 valence electrons. The first-order valence-electron chi connectivity index (χ1n) is 11.6. The summed E-state index contributed by atoms with van der Waals surface area (Å²) in [4.78, 5) is 30.7. The fraction of sp³-hybridized carbons (Fsp3) is 0.462. The highest BCUT2D eigenvalue weighted by atomic mass is 35.5. The molecule has 6 heteroatoms. The van der Waals surface area contributed by atoms with Crippen LogP contribution < -0.4 is 0 Å². The monoisotopic (exact) mass is 454 g/mol. The lowest BCUT2D eigenvalue weighted by molar-refractivity contribution is -0.148. The number of fused-ring (bicyclic) bond motifs is 1. The average molecular weight is 455 g/mol. The molecule has 0 radical (unpaired) electrons. The van der Waals surface area contributed by atoms with Gasteiger partial charge >= 0.3 is 0 Å². The molecular weight excluding hydrogens is 427 g/mol. The molecule has 4 nitrogen and oxygen atoms in total. The summed E-state index contributed by atoms with van der Waals surface area (Å²) in [7, 11) is 0. The predicted octanol–water partition coefficient (Wildman–Crippen LogP) is 5.05. The van der Waals surface area contributed by atoms with Gasteiger partial charge in [0.25, 0.3) is 5.91 Å². The molecule has 0 spiro atoms. The lowest BCUT2D eigenvalue weighted by atomic mass is 9.63. The van der Waals surface area contributed by atoms with Gasteiger partial charge in [-0.05, 0) is 67.9 Å². The third-order valence-electron chi connectivity index (χ3n) is 7.73. The van der Waals surface area contributed by atoms with Crippen LogP contribution in [0.3, 0.4) is 0 Å². The van der Waals surface area contributed by atoms with Gasteiger partial charge in [-0.25, -0.2) is 4.39 Å². The second-order valence-electron chi connectivity index (χ2n) is 9.43. The lowest BCUT2D eigenvalue weighted by Gasteiger charge is -2.52. The van der Waals surface area contributed by atoms with Crippen LogP contribution in [0.2, 0.25) is 5.02 Å². The van der Waals surface area contributed by atoms with Gasteiger partial charge in [-0.2, -0.15) is 0 Å². The van der Waals surface area contributed by atoms with E-state index in [2.05, 4.69) is 4.90 Å². The van der Waals surface area contributed by atoms with Crippen molar-refractivity contribution in [3.63, 3.8) is 0 Å². The summed E-state index contributed by atoms with van der Waals surface area (Å²) in [5.74, 6) is -0.259. The molecule has 1 aliphatic carbocycles. The molecule has 2 aromatic rings. The molecule has 0 bridgehead atoms. The summed E-state index contributed by atoms with van der Waals surface area (Å²) in [5, 5.41) is 0.681. The quantitative estimate of drug-likeness (QED) is 0.650. The number of halogens is 2. The molecule has 0 unspecified atom stereocenters. The summed E-state index contributed by atoms with van der Waals surface area (Å²) in [5.41, 5.74) is 0.755. The van der Waals surface area contributed by atoms with Gasteiger partial charge in [-0.1, -0.05) is 42.3 Å².